The normalized spacial score (nSPS) is 16.2. The lowest BCUT2D eigenvalue weighted by atomic mass is 10.1. The second kappa shape index (κ2) is 2.90. The maximum Gasteiger partial charge on any atom is 0.106 e. The van der Waals surface area contributed by atoms with Crippen LogP contribution < -0.4 is 0 Å². The van der Waals surface area contributed by atoms with Crippen LogP contribution in [0.4, 0.5) is 0 Å². The molecule has 1 N–H and O–H groups in total. The second-order valence-electron chi connectivity index (χ2n) is 3.32. The van der Waals surface area contributed by atoms with Gasteiger partial charge in [0.1, 0.15) is 5.82 Å². The summed E-state index contributed by atoms with van der Waals surface area (Å²) in [7, 11) is 0. The van der Waals surface area contributed by atoms with Gasteiger partial charge in [-0.3, -0.25) is 0 Å². The number of rotatable bonds is 1. The van der Waals surface area contributed by atoms with Crippen LogP contribution >= 0.6 is 0 Å². The molecule has 0 aliphatic carbocycles. The highest BCUT2D eigenvalue weighted by Crippen LogP contribution is 2.20. The van der Waals surface area contributed by atoms with Gasteiger partial charge < -0.3 is 9.67 Å². The van der Waals surface area contributed by atoms with Crippen molar-refractivity contribution in [3.63, 3.8) is 0 Å². The molecule has 2 rings (SSSR count). The lowest BCUT2D eigenvalue weighted by Gasteiger charge is -2.15. The summed E-state index contributed by atoms with van der Waals surface area (Å²) in [6.07, 6.45) is 3.56. The predicted octanol–water partition coefficient (Wildman–Crippen LogP) is 1.02. The van der Waals surface area contributed by atoms with E-state index in [1.165, 1.54) is 18.5 Å². The fourth-order valence-corrected chi connectivity index (χ4v) is 1.94. The summed E-state index contributed by atoms with van der Waals surface area (Å²) in [5.41, 5.74) is 2.13. The molecule has 0 atom stereocenters. The number of aromatic nitrogens is 2. The van der Waals surface area contributed by atoms with E-state index in [9.17, 15) is 0 Å². The number of aryl methyl sites for hydroxylation is 1. The molecule has 0 saturated carbocycles. The minimum absolute atomic E-state index is 0.0865. The van der Waals surface area contributed by atoms with Crippen molar-refractivity contribution in [3.8, 4) is 0 Å². The van der Waals surface area contributed by atoms with Gasteiger partial charge in [-0.25, -0.2) is 4.98 Å². The van der Waals surface area contributed by atoms with Crippen LogP contribution in [0.25, 0.3) is 0 Å². The van der Waals surface area contributed by atoms with Gasteiger partial charge in [-0.05, 0) is 26.2 Å². The first kappa shape index (κ1) is 7.80. The average molecular weight is 166 g/mol. The third kappa shape index (κ3) is 1.05. The summed E-state index contributed by atoms with van der Waals surface area (Å²) in [6.45, 7) is 3.17. The Balaban J connectivity index is 2.47. The smallest absolute Gasteiger partial charge is 0.106 e. The fraction of sp³-hybridized carbons (Fsp3) is 0.667. The monoisotopic (exact) mass is 166 g/mol. The van der Waals surface area contributed by atoms with Gasteiger partial charge in [-0.2, -0.15) is 0 Å². The molecular weight excluding hydrogens is 152 g/mol. The van der Waals surface area contributed by atoms with Crippen molar-refractivity contribution >= 4 is 0 Å². The summed E-state index contributed by atoms with van der Waals surface area (Å²) in [6, 6.07) is 0. The van der Waals surface area contributed by atoms with E-state index in [1.54, 1.807) is 0 Å². The van der Waals surface area contributed by atoms with Crippen LogP contribution in [0.15, 0.2) is 0 Å². The Bertz CT molecular complexity index is 291. The van der Waals surface area contributed by atoms with E-state index in [-0.39, 0.29) is 6.61 Å². The molecule has 1 aromatic heterocycles. The highest BCUT2D eigenvalue weighted by molar-refractivity contribution is 5.17. The summed E-state index contributed by atoms with van der Waals surface area (Å²) in [5.74, 6) is 1.05. The van der Waals surface area contributed by atoms with Gasteiger partial charge in [-0.15, -0.1) is 0 Å². The molecule has 0 spiro atoms. The molecule has 0 radical (unpaired) electrons. The van der Waals surface area contributed by atoms with Gasteiger partial charge in [-0.1, -0.05) is 0 Å². The van der Waals surface area contributed by atoms with Crippen LogP contribution in [-0.4, -0.2) is 14.7 Å². The first-order chi connectivity index (χ1) is 5.83. The third-order valence-electron chi connectivity index (χ3n) is 2.54. The van der Waals surface area contributed by atoms with Crippen LogP contribution in [0.2, 0.25) is 0 Å². The maximum absolute atomic E-state index is 9.03. The van der Waals surface area contributed by atoms with Crippen molar-refractivity contribution in [2.24, 2.45) is 0 Å². The zero-order valence-electron chi connectivity index (χ0n) is 7.38. The van der Waals surface area contributed by atoms with Crippen molar-refractivity contribution < 1.29 is 5.11 Å². The first-order valence-corrected chi connectivity index (χ1v) is 4.48. The maximum atomic E-state index is 9.03. The van der Waals surface area contributed by atoms with Gasteiger partial charge in [0.25, 0.3) is 0 Å². The van der Waals surface area contributed by atoms with E-state index < -0.39 is 0 Å². The number of hydrogen-bond donors (Lipinski definition) is 1. The van der Waals surface area contributed by atoms with Crippen molar-refractivity contribution in [3.05, 3.63) is 17.2 Å². The number of aliphatic hydroxyl groups is 1. The van der Waals surface area contributed by atoms with E-state index in [0.717, 1.165) is 24.5 Å². The topological polar surface area (TPSA) is 38.1 Å². The molecule has 0 bridgehead atoms. The molecule has 0 saturated heterocycles. The van der Waals surface area contributed by atoms with Gasteiger partial charge in [0.2, 0.25) is 0 Å². The lowest BCUT2D eigenvalue weighted by molar-refractivity contribution is 0.275. The van der Waals surface area contributed by atoms with E-state index in [2.05, 4.69) is 9.55 Å². The van der Waals surface area contributed by atoms with Crippen molar-refractivity contribution in [1.29, 1.82) is 0 Å². The van der Waals surface area contributed by atoms with E-state index in [1.807, 2.05) is 6.92 Å². The molecule has 12 heavy (non-hydrogen) atoms. The van der Waals surface area contributed by atoms with Crippen LogP contribution in [-0.2, 0) is 19.6 Å². The number of nitrogens with zero attached hydrogens (tertiary/aromatic N) is 2. The van der Waals surface area contributed by atoms with Crippen molar-refractivity contribution in [2.75, 3.05) is 0 Å². The standard InChI is InChI=1S/C9H14N2O/c1-7-10-8(6-12)9-4-2-3-5-11(7)9/h12H,2-6H2,1H3. The number of hydrogen-bond acceptors (Lipinski definition) is 2. The fourth-order valence-electron chi connectivity index (χ4n) is 1.94. The quantitative estimate of drug-likeness (QED) is 0.676. The van der Waals surface area contributed by atoms with Crippen LogP contribution in [0.5, 0.6) is 0 Å². The molecule has 1 aliphatic rings. The van der Waals surface area contributed by atoms with Crippen LogP contribution in [0, 0.1) is 6.92 Å². The zero-order valence-corrected chi connectivity index (χ0v) is 7.38. The third-order valence-corrected chi connectivity index (χ3v) is 2.54. The number of imidazole rings is 1. The molecule has 2 heterocycles. The highest BCUT2D eigenvalue weighted by atomic mass is 16.3. The number of fused-ring (bicyclic) bond motifs is 1. The first-order valence-electron chi connectivity index (χ1n) is 4.48. The summed E-state index contributed by atoms with van der Waals surface area (Å²) < 4.78 is 2.23. The minimum Gasteiger partial charge on any atom is -0.390 e. The second-order valence-corrected chi connectivity index (χ2v) is 3.32. The van der Waals surface area contributed by atoms with Gasteiger partial charge >= 0.3 is 0 Å². The number of aliphatic hydroxyl groups excluding tert-OH is 1. The zero-order chi connectivity index (χ0) is 8.55. The van der Waals surface area contributed by atoms with Crippen molar-refractivity contribution in [1.82, 2.24) is 9.55 Å². The van der Waals surface area contributed by atoms with E-state index in [4.69, 9.17) is 5.11 Å². The predicted molar refractivity (Wildman–Crippen MR) is 45.8 cm³/mol. The van der Waals surface area contributed by atoms with E-state index in [0.29, 0.717) is 0 Å². The molecule has 3 heteroatoms. The Morgan fingerprint density at radius 1 is 1.50 bits per heavy atom. The largest absolute Gasteiger partial charge is 0.390 e. The molecule has 1 aliphatic heterocycles. The SMILES string of the molecule is Cc1nc(CO)c2n1CCCC2. The van der Waals surface area contributed by atoms with Crippen LogP contribution in [0.3, 0.4) is 0 Å². The average Bonchev–Trinajstić information content (AvgIpc) is 2.44. The molecular formula is C9H14N2O. The Labute approximate surface area is 72.0 Å². The highest BCUT2D eigenvalue weighted by Gasteiger charge is 2.16. The van der Waals surface area contributed by atoms with Gasteiger partial charge in [0, 0.05) is 12.2 Å². The Morgan fingerprint density at radius 2 is 2.33 bits per heavy atom. The Morgan fingerprint density at radius 3 is 3.08 bits per heavy atom. The van der Waals surface area contributed by atoms with Gasteiger partial charge in [0.05, 0.1) is 12.3 Å². The lowest BCUT2D eigenvalue weighted by Crippen LogP contribution is -2.11. The molecule has 0 unspecified atom stereocenters. The molecule has 66 valence electrons. The Kier molecular flexibility index (Phi) is 1.89. The molecule has 3 nitrogen and oxygen atoms in total. The molecule has 1 aromatic rings. The van der Waals surface area contributed by atoms with Crippen LogP contribution in [0.1, 0.15) is 30.1 Å². The van der Waals surface area contributed by atoms with Crippen molar-refractivity contribution in [2.45, 2.75) is 39.3 Å². The molecule has 0 amide bonds. The summed E-state index contributed by atoms with van der Waals surface area (Å²) in [4.78, 5) is 4.32. The summed E-state index contributed by atoms with van der Waals surface area (Å²) in [5, 5.41) is 9.03. The van der Waals surface area contributed by atoms with E-state index >= 15 is 0 Å². The van der Waals surface area contributed by atoms with Gasteiger partial charge in [0.15, 0.2) is 0 Å². The Hall–Kier alpha value is -0.830. The minimum atomic E-state index is 0.0865. The molecule has 0 fully saturated rings. The summed E-state index contributed by atoms with van der Waals surface area (Å²) >= 11 is 0. The molecule has 0 aromatic carbocycles.